The zero-order valence-electron chi connectivity index (χ0n) is 9.75. The molecule has 0 radical (unpaired) electrons. The van der Waals surface area contributed by atoms with Gasteiger partial charge in [0.2, 0.25) is 0 Å². The van der Waals surface area contributed by atoms with Gasteiger partial charge in [0.05, 0.1) is 23.4 Å². The lowest BCUT2D eigenvalue weighted by molar-refractivity contribution is -0.0117. The number of likely N-dealkylation sites (N-methyl/N-ethyl adjacent to an activating group) is 1. The number of morpholine rings is 1. The first kappa shape index (κ1) is 13.4. The molecule has 2 rings (SSSR count). The smallest absolute Gasteiger partial charge is 0.0874 e. The molecule has 0 aromatic heterocycles. The van der Waals surface area contributed by atoms with E-state index in [2.05, 4.69) is 39.9 Å². The van der Waals surface area contributed by atoms with Gasteiger partial charge in [0.15, 0.2) is 0 Å². The summed E-state index contributed by atoms with van der Waals surface area (Å²) in [6.07, 6.45) is 0.240. The Hall–Kier alpha value is -0.0400. The van der Waals surface area contributed by atoms with Crippen molar-refractivity contribution in [2.45, 2.75) is 6.10 Å². The van der Waals surface area contributed by atoms with E-state index in [0.717, 1.165) is 40.5 Å². The van der Waals surface area contributed by atoms with E-state index >= 15 is 0 Å². The van der Waals surface area contributed by atoms with Crippen molar-refractivity contribution in [3.63, 3.8) is 0 Å². The van der Waals surface area contributed by atoms with Crippen LogP contribution in [0.5, 0.6) is 0 Å². The predicted molar refractivity (Wildman–Crippen MR) is 79.9 cm³/mol. The van der Waals surface area contributed by atoms with E-state index < -0.39 is 0 Å². The zero-order chi connectivity index (χ0) is 12.3. The normalized spacial score (nSPS) is 21.5. The van der Waals surface area contributed by atoms with E-state index in [1.807, 2.05) is 18.2 Å². The Morgan fingerprint density at radius 3 is 3.12 bits per heavy atom. The van der Waals surface area contributed by atoms with Crippen molar-refractivity contribution in [1.82, 2.24) is 4.90 Å². The predicted octanol–water partition coefficient (Wildman–Crippen LogP) is 2.69. The summed E-state index contributed by atoms with van der Waals surface area (Å²) in [7, 11) is 2.12. The molecule has 1 aliphatic heterocycles. The molecule has 1 heterocycles. The summed E-state index contributed by atoms with van der Waals surface area (Å²) in [5.41, 5.74) is 0.976. The van der Waals surface area contributed by atoms with E-state index in [4.69, 9.17) is 16.3 Å². The summed E-state index contributed by atoms with van der Waals surface area (Å²) >= 11 is 8.41. The van der Waals surface area contributed by atoms with Crippen LogP contribution in [0.4, 0.5) is 5.69 Å². The molecular weight excluding hydrogens is 351 g/mol. The molecule has 94 valence electrons. The van der Waals surface area contributed by atoms with Crippen molar-refractivity contribution in [2.75, 3.05) is 38.6 Å². The summed E-state index contributed by atoms with van der Waals surface area (Å²) in [5, 5.41) is 4.11. The third kappa shape index (κ3) is 3.98. The van der Waals surface area contributed by atoms with E-state index in [0.29, 0.717) is 0 Å². The quantitative estimate of drug-likeness (QED) is 0.833. The first-order chi connectivity index (χ1) is 8.15. The van der Waals surface area contributed by atoms with Gasteiger partial charge in [-0.1, -0.05) is 11.6 Å². The van der Waals surface area contributed by atoms with Crippen molar-refractivity contribution >= 4 is 39.9 Å². The fourth-order valence-electron chi connectivity index (χ4n) is 1.85. The molecule has 0 aliphatic carbocycles. The number of halogens is 2. The number of benzene rings is 1. The minimum absolute atomic E-state index is 0.240. The molecule has 0 amide bonds. The van der Waals surface area contributed by atoms with Gasteiger partial charge < -0.3 is 15.0 Å². The molecule has 1 aromatic rings. The number of ether oxygens (including phenoxy) is 1. The minimum atomic E-state index is 0.240. The Balaban J connectivity index is 1.88. The van der Waals surface area contributed by atoms with Crippen LogP contribution in [0.3, 0.4) is 0 Å². The van der Waals surface area contributed by atoms with Crippen LogP contribution in [0, 0.1) is 3.57 Å². The van der Waals surface area contributed by atoms with Gasteiger partial charge in [-0.15, -0.1) is 0 Å². The second kappa shape index (κ2) is 6.22. The molecule has 1 aromatic carbocycles. The Kier molecular flexibility index (Phi) is 4.90. The SMILES string of the molecule is CN1CCOC(CNc2ccc(I)cc2Cl)C1. The Morgan fingerprint density at radius 1 is 1.59 bits per heavy atom. The molecule has 0 spiro atoms. The Labute approximate surface area is 121 Å². The highest BCUT2D eigenvalue weighted by atomic mass is 127. The highest BCUT2D eigenvalue weighted by Gasteiger charge is 2.17. The lowest BCUT2D eigenvalue weighted by Crippen LogP contribution is -2.43. The van der Waals surface area contributed by atoms with Gasteiger partial charge in [-0.05, 0) is 47.8 Å². The summed E-state index contributed by atoms with van der Waals surface area (Å²) in [6.45, 7) is 3.59. The van der Waals surface area contributed by atoms with E-state index in [9.17, 15) is 0 Å². The molecule has 5 heteroatoms. The summed E-state index contributed by atoms with van der Waals surface area (Å²) in [6, 6.07) is 6.01. The number of rotatable bonds is 3. The van der Waals surface area contributed by atoms with E-state index in [1.54, 1.807) is 0 Å². The molecule has 0 bridgehead atoms. The summed E-state index contributed by atoms with van der Waals surface area (Å²) < 4.78 is 6.83. The minimum Gasteiger partial charge on any atom is -0.381 e. The average molecular weight is 367 g/mol. The molecule has 1 unspecified atom stereocenters. The fourth-order valence-corrected chi connectivity index (χ4v) is 2.77. The Morgan fingerprint density at radius 2 is 2.41 bits per heavy atom. The number of hydrogen-bond acceptors (Lipinski definition) is 3. The van der Waals surface area contributed by atoms with Gasteiger partial charge in [0.1, 0.15) is 0 Å². The van der Waals surface area contributed by atoms with Crippen LogP contribution in [0.1, 0.15) is 0 Å². The van der Waals surface area contributed by atoms with Crippen LogP contribution < -0.4 is 5.32 Å². The van der Waals surface area contributed by atoms with Crippen molar-refractivity contribution in [1.29, 1.82) is 0 Å². The van der Waals surface area contributed by atoms with E-state index in [1.165, 1.54) is 0 Å². The third-order valence-corrected chi connectivity index (χ3v) is 3.78. The maximum atomic E-state index is 6.16. The number of nitrogens with one attached hydrogen (secondary N) is 1. The van der Waals surface area contributed by atoms with Crippen LogP contribution in [-0.4, -0.2) is 44.3 Å². The molecule has 3 nitrogen and oxygen atoms in total. The lowest BCUT2D eigenvalue weighted by atomic mass is 10.2. The van der Waals surface area contributed by atoms with Gasteiger partial charge in [-0.2, -0.15) is 0 Å². The van der Waals surface area contributed by atoms with Crippen LogP contribution in [-0.2, 0) is 4.74 Å². The summed E-state index contributed by atoms with van der Waals surface area (Å²) in [5.74, 6) is 0. The monoisotopic (exact) mass is 366 g/mol. The molecule has 0 saturated carbocycles. The van der Waals surface area contributed by atoms with Gasteiger partial charge in [-0.3, -0.25) is 0 Å². The molecule has 1 aliphatic rings. The topological polar surface area (TPSA) is 24.5 Å². The van der Waals surface area contributed by atoms with E-state index in [-0.39, 0.29) is 6.10 Å². The molecular formula is C12H16ClIN2O. The highest BCUT2D eigenvalue weighted by Crippen LogP contribution is 2.23. The standard InChI is InChI=1S/C12H16ClIN2O/c1-16-4-5-17-10(8-16)7-15-12-3-2-9(14)6-11(12)13/h2-3,6,10,15H,4-5,7-8H2,1H3. The van der Waals surface area contributed by atoms with Gasteiger partial charge in [-0.25, -0.2) is 0 Å². The molecule has 1 saturated heterocycles. The molecule has 1 fully saturated rings. The van der Waals surface area contributed by atoms with Crippen LogP contribution in [0.2, 0.25) is 5.02 Å². The first-order valence-electron chi connectivity index (χ1n) is 5.64. The summed E-state index contributed by atoms with van der Waals surface area (Å²) in [4.78, 5) is 2.28. The van der Waals surface area contributed by atoms with Gasteiger partial charge in [0.25, 0.3) is 0 Å². The van der Waals surface area contributed by atoms with Crippen molar-refractivity contribution in [2.24, 2.45) is 0 Å². The maximum Gasteiger partial charge on any atom is 0.0874 e. The van der Waals surface area contributed by atoms with Crippen molar-refractivity contribution in [3.8, 4) is 0 Å². The lowest BCUT2D eigenvalue weighted by Gasteiger charge is -2.30. The average Bonchev–Trinajstić information content (AvgIpc) is 2.28. The molecule has 1 atom stereocenters. The second-order valence-electron chi connectivity index (χ2n) is 4.26. The molecule has 1 N–H and O–H groups in total. The second-order valence-corrected chi connectivity index (χ2v) is 5.91. The fraction of sp³-hybridized carbons (Fsp3) is 0.500. The van der Waals surface area contributed by atoms with Gasteiger partial charge in [0, 0.05) is 23.2 Å². The van der Waals surface area contributed by atoms with Crippen molar-refractivity contribution < 1.29 is 4.74 Å². The van der Waals surface area contributed by atoms with Crippen molar-refractivity contribution in [3.05, 3.63) is 26.8 Å². The van der Waals surface area contributed by atoms with Crippen LogP contribution in [0.15, 0.2) is 18.2 Å². The zero-order valence-corrected chi connectivity index (χ0v) is 12.7. The van der Waals surface area contributed by atoms with Crippen LogP contribution in [0.25, 0.3) is 0 Å². The number of nitrogens with zero attached hydrogens (tertiary/aromatic N) is 1. The number of anilines is 1. The molecule has 17 heavy (non-hydrogen) atoms. The largest absolute Gasteiger partial charge is 0.381 e. The highest BCUT2D eigenvalue weighted by molar-refractivity contribution is 14.1. The maximum absolute atomic E-state index is 6.16. The van der Waals surface area contributed by atoms with Gasteiger partial charge >= 0.3 is 0 Å². The van der Waals surface area contributed by atoms with Crippen LogP contribution >= 0.6 is 34.2 Å². The first-order valence-corrected chi connectivity index (χ1v) is 7.10. The Bertz CT molecular complexity index is 389. The third-order valence-electron chi connectivity index (χ3n) is 2.79. The number of hydrogen-bond donors (Lipinski definition) is 1.